The third-order valence-corrected chi connectivity index (χ3v) is 4.05. The predicted octanol–water partition coefficient (Wildman–Crippen LogP) is 2.74. The van der Waals surface area contributed by atoms with E-state index in [0.717, 1.165) is 39.0 Å². The van der Waals surface area contributed by atoms with Crippen LogP contribution in [0.15, 0.2) is 0 Å². The Balaban J connectivity index is 2.14. The summed E-state index contributed by atoms with van der Waals surface area (Å²) in [5.41, 5.74) is 0. The molecule has 0 radical (unpaired) electrons. The van der Waals surface area contributed by atoms with Crippen LogP contribution in [0.3, 0.4) is 0 Å². The Hall–Kier alpha value is -0.770. The third kappa shape index (κ3) is 7.41. The average Bonchev–Trinajstić information content (AvgIpc) is 2.38. The minimum absolute atomic E-state index is 0.0118. The summed E-state index contributed by atoms with van der Waals surface area (Å²) in [7, 11) is 0. The van der Waals surface area contributed by atoms with Crippen molar-refractivity contribution in [1.82, 2.24) is 15.5 Å². The van der Waals surface area contributed by atoms with Crippen molar-refractivity contribution < 1.29 is 4.79 Å². The second kappa shape index (κ2) is 10.1. The lowest BCUT2D eigenvalue weighted by molar-refractivity contribution is 0.230. The van der Waals surface area contributed by atoms with E-state index in [2.05, 4.69) is 29.4 Å². The number of rotatable bonds is 6. The second-order valence-corrected chi connectivity index (χ2v) is 5.47. The molecule has 0 unspecified atom stereocenters. The van der Waals surface area contributed by atoms with Gasteiger partial charge in [0, 0.05) is 19.1 Å². The quantitative estimate of drug-likeness (QED) is 0.779. The molecule has 1 saturated carbocycles. The van der Waals surface area contributed by atoms with Crippen LogP contribution in [0.4, 0.5) is 4.79 Å². The summed E-state index contributed by atoms with van der Waals surface area (Å²) >= 11 is 0. The molecule has 1 fully saturated rings. The minimum atomic E-state index is 0.0118. The molecule has 19 heavy (non-hydrogen) atoms. The molecule has 0 bridgehead atoms. The van der Waals surface area contributed by atoms with E-state index >= 15 is 0 Å². The molecule has 1 rings (SSSR count). The van der Waals surface area contributed by atoms with E-state index in [-0.39, 0.29) is 6.03 Å². The third-order valence-electron chi connectivity index (χ3n) is 4.05. The molecule has 0 heterocycles. The molecule has 0 spiro atoms. The van der Waals surface area contributed by atoms with Crippen LogP contribution >= 0.6 is 0 Å². The van der Waals surface area contributed by atoms with Gasteiger partial charge in [-0.15, -0.1) is 0 Å². The fraction of sp³-hybridized carbons (Fsp3) is 0.933. The van der Waals surface area contributed by atoms with Crippen molar-refractivity contribution in [1.29, 1.82) is 0 Å². The van der Waals surface area contributed by atoms with E-state index in [4.69, 9.17) is 0 Å². The zero-order valence-corrected chi connectivity index (χ0v) is 12.7. The van der Waals surface area contributed by atoms with Gasteiger partial charge in [-0.3, -0.25) is 0 Å². The molecule has 0 atom stereocenters. The topological polar surface area (TPSA) is 44.4 Å². The monoisotopic (exact) mass is 269 g/mol. The Labute approximate surface area is 118 Å². The maximum atomic E-state index is 11.8. The number of carbonyl (C=O) groups is 1. The van der Waals surface area contributed by atoms with Gasteiger partial charge in [-0.25, -0.2) is 4.79 Å². The number of amides is 2. The maximum Gasteiger partial charge on any atom is 0.315 e. The highest BCUT2D eigenvalue weighted by Gasteiger charge is 2.13. The van der Waals surface area contributed by atoms with Gasteiger partial charge in [-0.05, 0) is 25.9 Å². The van der Waals surface area contributed by atoms with Crippen LogP contribution in [0.2, 0.25) is 0 Å². The number of hydrogen-bond donors (Lipinski definition) is 2. The summed E-state index contributed by atoms with van der Waals surface area (Å²) < 4.78 is 0. The lowest BCUT2D eigenvalue weighted by Crippen LogP contribution is -2.44. The molecule has 2 N–H and O–H groups in total. The predicted molar refractivity (Wildman–Crippen MR) is 80.4 cm³/mol. The number of urea groups is 1. The lowest BCUT2D eigenvalue weighted by atomic mass is 9.97. The molecule has 112 valence electrons. The molecule has 1 aliphatic rings. The van der Waals surface area contributed by atoms with Gasteiger partial charge >= 0.3 is 6.03 Å². The fourth-order valence-electron chi connectivity index (χ4n) is 2.70. The SMILES string of the molecule is CCN(CC)CCNC(=O)NC1CCCCCCC1. The zero-order chi connectivity index (χ0) is 13.9. The number of nitrogens with zero attached hydrogens (tertiary/aromatic N) is 1. The highest BCUT2D eigenvalue weighted by molar-refractivity contribution is 5.74. The second-order valence-electron chi connectivity index (χ2n) is 5.47. The highest BCUT2D eigenvalue weighted by Crippen LogP contribution is 2.16. The Morgan fingerprint density at radius 1 is 1.05 bits per heavy atom. The van der Waals surface area contributed by atoms with Crippen molar-refractivity contribution in [2.24, 2.45) is 0 Å². The maximum absolute atomic E-state index is 11.8. The van der Waals surface area contributed by atoms with Gasteiger partial charge in [-0.1, -0.05) is 46.0 Å². The Morgan fingerprint density at radius 3 is 2.21 bits per heavy atom. The summed E-state index contributed by atoms with van der Waals surface area (Å²) in [4.78, 5) is 14.1. The van der Waals surface area contributed by atoms with Gasteiger partial charge in [0.2, 0.25) is 0 Å². The minimum Gasteiger partial charge on any atom is -0.337 e. The van der Waals surface area contributed by atoms with Crippen molar-refractivity contribution in [2.75, 3.05) is 26.2 Å². The zero-order valence-electron chi connectivity index (χ0n) is 12.7. The smallest absolute Gasteiger partial charge is 0.315 e. The molecule has 4 heteroatoms. The molecule has 0 aliphatic heterocycles. The van der Waals surface area contributed by atoms with E-state index in [1.165, 1.54) is 32.1 Å². The van der Waals surface area contributed by atoms with Gasteiger partial charge in [0.15, 0.2) is 0 Å². The van der Waals surface area contributed by atoms with Crippen molar-refractivity contribution in [2.45, 2.75) is 64.8 Å². The van der Waals surface area contributed by atoms with Gasteiger partial charge in [-0.2, -0.15) is 0 Å². The number of nitrogens with one attached hydrogen (secondary N) is 2. The highest BCUT2D eigenvalue weighted by atomic mass is 16.2. The van der Waals surface area contributed by atoms with Crippen molar-refractivity contribution >= 4 is 6.03 Å². The first-order valence-corrected chi connectivity index (χ1v) is 8.03. The van der Waals surface area contributed by atoms with Crippen LogP contribution in [-0.2, 0) is 0 Å². The molecule has 0 aromatic heterocycles. The van der Waals surface area contributed by atoms with Gasteiger partial charge in [0.05, 0.1) is 0 Å². The van der Waals surface area contributed by atoms with Gasteiger partial charge in [0.1, 0.15) is 0 Å². The Morgan fingerprint density at radius 2 is 1.63 bits per heavy atom. The standard InChI is InChI=1S/C15H31N3O/c1-3-18(4-2)13-12-16-15(19)17-14-10-8-6-5-7-9-11-14/h14H,3-13H2,1-2H3,(H2,16,17,19). The number of carbonyl (C=O) groups excluding carboxylic acids is 1. The van der Waals surface area contributed by atoms with Crippen LogP contribution in [-0.4, -0.2) is 43.2 Å². The largest absolute Gasteiger partial charge is 0.337 e. The Bertz CT molecular complexity index is 234. The molecule has 0 saturated heterocycles. The molecule has 2 amide bonds. The first-order valence-electron chi connectivity index (χ1n) is 8.03. The van der Waals surface area contributed by atoms with Crippen molar-refractivity contribution in [3.8, 4) is 0 Å². The van der Waals surface area contributed by atoms with E-state index < -0.39 is 0 Å². The Kier molecular flexibility index (Phi) is 8.63. The van der Waals surface area contributed by atoms with Gasteiger partial charge in [0.25, 0.3) is 0 Å². The molecular weight excluding hydrogens is 238 g/mol. The van der Waals surface area contributed by atoms with Gasteiger partial charge < -0.3 is 15.5 Å². The number of likely N-dealkylation sites (N-methyl/N-ethyl adjacent to an activating group) is 1. The van der Waals surface area contributed by atoms with Crippen molar-refractivity contribution in [3.63, 3.8) is 0 Å². The molecule has 0 aromatic carbocycles. The summed E-state index contributed by atoms with van der Waals surface area (Å²) in [5, 5.41) is 6.10. The normalized spacial score (nSPS) is 17.8. The number of hydrogen-bond acceptors (Lipinski definition) is 2. The van der Waals surface area contributed by atoms with Crippen LogP contribution in [0.25, 0.3) is 0 Å². The van der Waals surface area contributed by atoms with E-state index in [1.807, 2.05) is 0 Å². The summed E-state index contributed by atoms with van der Waals surface area (Å²) in [6.45, 7) is 8.06. The van der Waals surface area contributed by atoms with Crippen LogP contribution in [0.5, 0.6) is 0 Å². The first kappa shape index (κ1) is 16.3. The van der Waals surface area contributed by atoms with Crippen LogP contribution in [0.1, 0.15) is 58.8 Å². The molecule has 0 aromatic rings. The van der Waals surface area contributed by atoms with Crippen LogP contribution in [0, 0.1) is 0 Å². The molecule has 4 nitrogen and oxygen atoms in total. The van der Waals surface area contributed by atoms with E-state index in [1.54, 1.807) is 0 Å². The lowest BCUT2D eigenvalue weighted by Gasteiger charge is -2.22. The van der Waals surface area contributed by atoms with E-state index in [0.29, 0.717) is 6.04 Å². The van der Waals surface area contributed by atoms with Crippen molar-refractivity contribution in [3.05, 3.63) is 0 Å². The fourth-order valence-corrected chi connectivity index (χ4v) is 2.70. The molecular formula is C15H31N3O. The summed E-state index contributed by atoms with van der Waals surface area (Å²) in [6.07, 6.45) is 8.80. The summed E-state index contributed by atoms with van der Waals surface area (Å²) in [6, 6.07) is 0.395. The summed E-state index contributed by atoms with van der Waals surface area (Å²) in [5.74, 6) is 0. The molecule has 1 aliphatic carbocycles. The van der Waals surface area contributed by atoms with E-state index in [9.17, 15) is 4.79 Å². The average molecular weight is 269 g/mol. The first-order chi connectivity index (χ1) is 9.26. The van der Waals surface area contributed by atoms with Crippen LogP contribution < -0.4 is 10.6 Å².